The molecule has 2 atom stereocenters. The number of amides is 2. The van der Waals surface area contributed by atoms with Gasteiger partial charge in [0.15, 0.2) is 0 Å². The topological polar surface area (TPSA) is 78.1 Å². The van der Waals surface area contributed by atoms with Crippen LogP contribution < -0.4 is 5.32 Å². The molecule has 1 aromatic rings. The highest BCUT2D eigenvalue weighted by molar-refractivity contribution is 6.05. The zero-order chi connectivity index (χ0) is 11.7. The number of rotatable bonds is 3. The number of nitrogens with zero attached hydrogens (tertiary/aromatic N) is 2. The number of likely N-dealkylation sites (tertiary alicyclic amines) is 1. The van der Waals surface area contributed by atoms with E-state index in [0.717, 1.165) is 10.6 Å². The van der Waals surface area contributed by atoms with E-state index in [1.54, 1.807) is 6.20 Å². The molecular formula is C10H14N4O2. The van der Waals surface area contributed by atoms with Crippen LogP contribution in [0.1, 0.15) is 25.1 Å². The van der Waals surface area contributed by atoms with Crippen molar-refractivity contribution in [3.05, 3.63) is 18.0 Å². The van der Waals surface area contributed by atoms with E-state index in [9.17, 15) is 9.59 Å². The molecule has 1 aromatic heterocycles. The van der Waals surface area contributed by atoms with Gasteiger partial charge in [0.2, 0.25) is 11.8 Å². The Bertz CT molecular complexity index is 401. The minimum absolute atomic E-state index is 0.0317. The Balaban J connectivity index is 2.01. The molecule has 1 fully saturated rings. The van der Waals surface area contributed by atoms with Crippen LogP contribution in [0.3, 0.4) is 0 Å². The van der Waals surface area contributed by atoms with E-state index in [4.69, 9.17) is 0 Å². The van der Waals surface area contributed by atoms with Gasteiger partial charge in [-0.05, 0) is 13.0 Å². The smallest absolute Gasteiger partial charge is 0.246 e. The summed E-state index contributed by atoms with van der Waals surface area (Å²) in [5.74, 6) is -0.310. The number of H-pyrrole nitrogens is 1. The van der Waals surface area contributed by atoms with E-state index in [-0.39, 0.29) is 24.3 Å². The van der Waals surface area contributed by atoms with E-state index in [1.165, 1.54) is 7.05 Å². The zero-order valence-corrected chi connectivity index (χ0v) is 9.23. The van der Waals surface area contributed by atoms with Crippen LogP contribution in [0.25, 0.3) is 0 Å². The first-order valence-corrected chi connectivity index (χ1v) is 5.15. The molecule has 0 bridgehead atoms. The molecule has 0 radical (unpaired) electrons. The first-order valence-electron chi connectivity index (χ1n) is 5.15. The lowest BCUT2D eigenvalue weighted by molar-refractivity contribution is -0.137. The molecule has 2 heterocycles. The maximum absolute atomic E-state index is 11.6. The summed E-state index contributed by atoms with van der Waals surface area (Å²) in [6.45, 7) is 1.92. The minimum Gasteiger partial charge on any atom is -0.297 e. The van der Waals surface area contributed by atoms with E-state index in [0.29, 0.717) is 0 Å². The summed E-state index contributed by atoms with van der Waals surface area (Å²) in [5.41, 5.74) is 0.898. The van der Waals surface area contributed by atoms with E-state index in [2.05, 4.69) is 15.5 Å². The van der Waals surface area contributed by atoms with E-state index in [1.807, 2.05) is 13.0 Å². The lowest BCUT2D eigenvalue weighted by Gasteiger charge is -2.16. The van der Waals surface area contributed by atoms with Gasteiger partial charge in [-0.1, -0.05) is 0 Å². The summed E-state index contributed by atoms with van der Waals surface area (Å²) in [4.78, 5) is 24.1. The summed E-state index contributed by atoms with van der Waals surface area (Å²) in [6.07, 6.45) is 1.88. The standard InChI is InChI=1S/C10H14N4O2/c1-6(7-3-4-11-13-7)12-8-5-9(15)14(2)10(8)16/h3-4,6,8,12H,5H2,1-2H3,(H,11,13). The van der Waals surface area contributed by atoms with Crippen molar-refractivity contribution in [3.8, 4) is 0 Å². The molecule has 6 nitrogen and oxygen atoms in total. The van der Waals surface area contributed by atoms with Crippen LogP contribution in [-0.4, -0.2) is 40.0 Å². The molecule has 2 amide bonds. The molecular weight excluding hydrogens is 208 g/mol. The number of imide groups is 1. The molecule has 0 spiro atoms. The maximum Gasteiger partial charge on any atom is 0.246 e. The monoisotopic (exact) mass is 222 g/mol. The van der Waals surface area contributed by atoms with Crippen LogP contribution >= 0.6 is 0 Å². The predicted molar refractivity (Wildman–Crippen MR) is 56.3 cm³/mol. The fourth-order valence-corrected chi connectivity index (χ4v) is 1.79. The summed E-state index contributed by atoms with van der Waals surface area (Å²) >= 11 is 0. The molecule has 0 aliphatic carbocycles. The van der Waals surface area contributed by atoms with Crippen molar-refractivity contribution in [2.75, 3.05) is 7.05 Å². The third-order valence-corrected chi connectivity index (χ3v) is 2.82. The number of likely N-dealkylation sites (N-methyl/N-ethyl adjacent to an activating group) is 1. The molecule has 16 heavy (non-hydrogen) atoms. The Kier molecular flexibility index (Phi) is 2.74. The number of carbonyl (C=O) groups excluding carboxylic acids is 2. The molecule has 0 aromatic carbocycles. The second-order valence-corrected chi connectivity index (χ2v) is 3.95. The van der Waals surface area contributed by atoms with Crippen LogP contribution in [0, 0.1) is 0 Å². The maximum atomic E-state index is 11.6. The molecule has 86 valence electrons. The van der Waals surface area contributed by atoms with Crippen LogP contribution in [0.15, 0.2) is 12.3 Å². The molecule has 2 N–H and O–H groups in total. The molecule has 2 rings (SSSR count). The summed E-state index contributed by atoms with van der Waals surface area (Å²) in [6, 6.07) is 1.38. The van der Waals surface area contributed by atoms with Gasteiger partial charge in [-0.2, -0.15) is 5.10 Å². The van der Waals surface area contributed by atoms with Gasteiger partial charge in [0.25, 0.3) is 0 Å². The highest BCUT2D eigenvalue weighted by Gasteiger charge is 2.36. The second-order valence-electron chi connectivity index (χ2n) is 3.95. The van der Waals surface area contributed by atoms with E-state index >= 15 is 0 Å². The third-order valence-electron chi connectivity index (χ3n) is 2.82. The molecule has 0 saturated carbocycles. The quantitative estimate of drug-likeness (QED) is 0.695. The predicted octanol–water partition coefficient (Wildman–Crippen LogP) is -0.182. The van der Waals surface area contributed by atoms with Crippen LogP contribution in [-0.2, 0) is 9.59 Å². The van der Waals surface area contributed by atoms with Gasteiger partial charge in [0.05, 0.1) is 18.2 Å². The number of nitrogens with one attached hydrogen (secondary N) is 2. The highest BCUT2D eigenvalue weighted by Crippen LogP contribution is 2.15. The number of hydrogen-bond donors (Lipinski definition) is 2. The zero-order valence-electron chi connectivity index (χ0n) is 9.23. The average Bonchev–Trinajstić information content (AvgIpc) is 2.85. The fourth-order valence-electron chi connectivity index (χ4n) is 1.79. The molecule has 1 aliphatic heterocycles. The van der Waals surface area contributed by atoms with Crippen molar-refractivity contribution in [3.63, 3.8) is 0 Å². The molecule has 1 aliphatic rings. The van der Waals surface area contributed by atoms with Crippen molar-refractivity contribution < 1.29 is 9.59 Å². The number of hydrogen-bond acceptors (Lipinski definition) is 4. The summed E-state index contributed by atoms with van der Waals surface area (Å²) < 4.78 is 0. The summed E-state index contributed by atoms with van der Waals surface area (Å²) in [5, 5.41) is 9.77. The lowest BCUT2D eigenvalue weighted by atomic mass is 10.2. The minimum atomic E-state index is -0.421. The van der Waals surface area contributed by atoms with Crippen LogP contribution in [0.2, 0.25) is 0 Å². The number of carbonyl (C=O) groups is 2. The summed E-state index contributed by atoms with van der Waals surface area (Å²) in [7, 11) is 1.51. The van der Waals surface area contributed by atoms with Crippen LogP contribution in [0.5, 0.6) is 0 Å². The highest BCUT2D eigenvalue weighted by atomic mass is 16.2. The Morgan fingerprint density at radius 2 is 2.38 bits per heavy atom. The molecule has 2 unspecified atom stereocenters. The van der Waals surface area contributed by atoms with Crippen molar-refractivity contribution in [2.45, 2.75) is 25.4 Å². The van der Waals surface area contributed by atoms with Crippen LogP contribution in [0.4, 0.5) is 0 Å². The SMILES string of the molecule is CC(NC1CC(=O)N(C)C1=O)c1ccn[nH]1. The van der Waals surface area contributed by atoms with E-state index < -0.39 is 6.04 Å². The van der Waals surface area contributed by atoms with Gasteiger partial charge < -0.3 is 0 Å². The fraction of sp³-hybridized carbons (Fsp3) is 0.500. The van der Waals surface area contributed by atoms with Crippen molar-refractivity contribution >= 4 is 11.8 Å². The first kappa shape index (κ1) is 10.8. The van der Waals surface area contributed by atoms with Gasteiger partial charge in [-0.25, -0.2) is 0 Å². The Labute approximate surface area is 93.0 Å². The van der Waals surface area contributed by atoms with Gasteiger partial charge in [0, 0.05) is 19.3 Å². The Morgan fingerprint density at radius 3 is 2.88 bits per heavy atom. The van der Waals surface area contributed by atoms with Gasteiger partial charge in [0.1, 0.15) is 0 Å². The van der Waals surface area contributed by atoms with Gasteiger partial charge >= 0.3 is 0 Å². The Morgan fingerprint density at radius 1 is 1.62 bits per heavy atom. The number of aromatic nitrogens is 2. The molecule has 6 heteroatoms. The normalized spacial score (nSPS) is 22.9. The number of aromatic amines is 1. The van der Waals surface area contributed by atoms with Gasteiger partial charge in [-0.15, -0.1) is 0 Å². The average molecular weight is 222 g/mol. The Hall–Kier alpha value is -1.69. The molecule has 1 saturated heterocycles. The largest absolute Gasteiger partial charge is 0.297 e. The third kappa shape index (κ3) is 1.83. The van der Waals surface area contributed by atoms with Crippen molar-refractivity contribution in [2.24, 2.45) is 0 Å². The lowest BCUT2D eigenvalue weighted by Crippen LogP contribution is -2.38. The van der Waals surface area contributed by atoms with Gasteiger partial charge in [-0.3, -0.25) is 24.9 Å². The van der Waals surface area contributed by atoms with Crippen molar-refractivity contribution in [1.82, 2.24) is 20.4 Å². The first-order chi connectivity index (χ1) is 7.59. The second kappa shape index (κ2) is 4.05. The van der Waals surface area contributed by atoms with Crippen molar-refractivity contribution in [1.29, 1.82) is 0 Å².